The maximum Gasteiger partial charge on any atom is 0.246 e. The van der Waals surface area contributed by atoms with Gasteiger partial charge >= 0.3 is 0 Å². The molecule has 5 nitrogen and oxygen atoms in total. The average Bonchev–Trinajstić information content (AvgIpc) is 2.83. The first-order valence-corrected chi connectivity index (χ1v) is 8.65. The van der Waals surface area contributed by atoms with Crippen molar-refractivity contribution in [2.24, 2.45) is 7.05 Å². The third-order valence-electron chi connectivity index (χ3n) is 4.41. The molecule has 1 aromatic heterocycles. The fraction of sp³-hybridized carbons (Fsp3) is 0.400. The summed E-state index contributed by atoms with van der Waals surface area (Å²) in [6.07, 6.45) is 3.34. The number of carbonyl (C=O) groups excluding carboxylic acids is 1. The van der Waals surface area contributed by atoms with Crippen LogP contribution in [0.5, 0.6) is 0 Å². The summed E-state index contributed by atoms with van der Waals surface area (Å²) in [4.78, 5) is 16.4. The number of aromatic nitrogens is 2. The number of nitrogens with zero attached hydrogens (tertiary/aromatic N) is 4. The highest BCUT2D eigenvalue weighted by atomic mass is 19.1. The van der Waals surface area contributed by atoms with Crippen molar-refractivity contribution in [3.8, 4) is 0 Å². The van der Waals surface area contributed by atoms with Crippen molar-refractivity contribution in [3.63, 3.8) is 0 Å². The van der Waals surface area contributed by atoms with Crippen LogP contribution in [0.4, 0.5) is 4.39 Å². The minimum absolute atomic E-state index is 0.141. The Labute approximate surface area is 154 Å². The van der Waals surface area contributed by atoms with E-state index in [-0.39, 0.29) is 18.3 Å². The molecule has 0 N–H and O–H groups in total. The van der Waals surface area contributed by atoms with Gasteiger partial charge in [0, 0.05) is 49.6 Å². The number of benzene rings is 1. The molecule has 26 heavy (non-hydrogen) atoms. The topological polar surface area (TPSA) is 41.4 Å². The van der Waals surface area contributed by atoms with Crippen LogP contribution in [0.1, 0.15) is 22.5 Å². The van der Waals surface area contributed by atoms with E-state index in [1.54, 1.807) is 39.9 Å². The van der Waals surface area contributed by atoms with Crippen molar-refractivity contribution in [2.45, 2.75) is 20.4 Å². The number of amides is 1. The molecule has 0 aliphatic carbocycles. The molecule has 0 aliphatic rings. The molecule has 0 aliphatic heterocycles. The minimum atomic E-state index is -0.293. The van der Waals surface area contributed by atoms with Gasteiger partial charge in [0.25, 0.3) is 0 Å². The third kappa shape index (κ3) is 5.02. The zero-order chi connectivity index (χ0) is 19.3. The predicted octanol–water partition coefficient (Wildman–Crippen LogP) is 2.78. The van der Waals surface area contributed by atoms with Crippen LogP contribution >= 0.6 is 0 Å². The maximum absolute atomic E-state index is 14.0. The molecule has 2 aromatic rings. The largest absolute Gasteiger partial charge is 0.333 e. The fourth-order valence-corrected chi connectivity index (χ4v) is 2.71. The van der Waals surface area contributed by atoms with Crippen LogP contribution in [-0.4, -0.2) is 52.7 Å². The first-order chi connectivity index (χ1) is 12.3. The molecule has 1 aromatic carbocycles. The van der Waals surface area contributed by atoms with E-state index in [0.29, 0.717) is 18.7 Å². The van der Waals surface area contributed by atoms with Crippen LogP contribution in [0.3, 0.4) is 0 Å². The zero-order valence-corrected chi connectivity index (χ0v) is 16.2. The van der Waals surface area contributed by atoms with Gasteiger partial charge in [0.2, 0.25) is 5.91 Å². The lowest BCUT2D eigenvalue weighted by atomic mass is 10.1. The zero-order valence-electron chi connectivity index (χ0n) is 16.2. The summed E-state index contributed by atoms with van der Waals surface area (Å²) in [6.45, 7) is 5.36. The molecule has 1 amide bonds. The van der Waals surface area contributed by atoms with Gasteiger partial charge in [-0.25, -0.2) is 4.39 Å². The van der Waals surface area contributed by atoms with Crippen molar-refractivity contribution < 1.29 is 9.18 Å². The van der Waals surface area contributed by atoms with E-state index in [2.05, 4.69) is 5.10 Å². The van der Waals surface area contributed by atoms with E-state index >= 15 is 0 Å². The van der Waals surface area contributed by atoms with E-state index < -0.39 is 0 Å². The highest BCUT2D eigenvalue weighted by molar-refractivity contribution is 5.92. The van der Waals surface area contributed by atoms with E-state index in [0.717, 1.165) is 17.0 Å². The lowest BCUT2D eigenvalue weighted by Gasteiger charge is -2.23. The molecule has 0 spiro atoms. The third-order valence-corrected chi connectivity index (χ3v) is 4.41. The molecular weight excluding hydrogens is 331 g/mol. The number of hydrogen-bond donors (Lipinski definition) is 0. The summed E-state index contributed by atoms with van der Waals surface area (Å²) in [5.41, 5.74) is 3.34. The number of hydrogen-bond acceptors (Lipinski definition) is 3. The normalized spacial score (nSPS) is 11.5. The Morgan fingerprint density at radius 3 is 2.50 bits per heavy atom. The summed E-state index contributed by atoms with van der Waals surface area (Å²) in [5, 5.41) is 4.36. The molecule has 2 rings (SSSR count). The van der Waals surface area contributed by atoms with Gasteiger partial charge < -0.3 is 9.80 Å². The standard InChI is InChI=1S/C20H27FN4O/c1-15-18(16(2)24(5)22-15)10-11-20(26)25(13-12-23(3)4)14-17-8-6-7-9-19(17)21/h6-11H,12-14H2,1-5H3. The smallest absolute Gasteiger partial charge is 0.246 e. The van der Waals surface area contributed by atoms with E-state index in [1.807, 2.05) is 39.9 Å². The van der Waals surface area contributed by atoms with Gasteiger partial charge in [0.1, 0.15) is 5.82 Å². The fourth-order valence-electron chi connectivity index (χ4n) is 2.71. The highest BCUT2D eigenvalue weighted by Crippen LogP contribution is 2.15. The highest BCUT2D eigenvalue weighted by Gasteiger charge is 2.15. The molecule has 1 heterocycles. The van der Waals surface area contributed by atoms with Crippen LogP contribution in [-0.2, 0) is 18.4 Å². The maximum atomic E-state index is 14.0. The number of rotatable bonds is 7. The molecule has 0 saturated carbocycles. The molecule has 0 fully saturated rings. The van der Waals surface area contributed by atoms with Crippen LogP contribution in [0.25, 0.3) is 6.08 Å². The van der Waals surface area contributed by atoms with E-state index in [9.17, 15) is 9.18 Å². The Kier molecular flexibility index (Phi) is 6.69. The first-order valence-electron chi connectivity index (χ1n) is 8.65. The van der Waals surface area contributed by atoms with Crippen LogP contribution in [0, 0.1) is 19.7 Å². The van der Waals surface area contributed by atoms with Gasteiger partial charge in [-0.2, -0.15) is 5.10 Å². The summed E-state index contributed by atoms with van der Waals surface area (Å²) in [6, 6.07) is 6.57. The lowest BCUT2D eigenvalue weighted by Crippen LogP contribution is -2.35. The van der Waals surface area contributed by atoms with Gasteiger partial charge in [-0.15, -0.1) is 0 Å². The molecule has 140 valence electrons. The van der Waals surface area contributed by atoms with Gasteiger partial charge in [-0.1, -0.05) is 18.2 Å². The molecule has 0 radical (unpaired) electrons. The van der Waals surface area contributed by atoms with Crippen molar-refractivity contribution in [3.05, 3.63) is 58.7 Å². The second-order valence-electron chi connectivity index (χ2n) is 6.70. The molecule has 0 bridgehead atoms. The van der Waals surface area contributed by atoms with Crippen LogP contribution in [0.15, 0.2) is 30.3 Å². The Hall–Kier alpha value is -2.47. The van der Waals surface area contributed by atoms with Crippen molar-refractivity contribution in [1.82, 2.24) is 19.6 Å². The van der Waals surface area contributed by atoms with Gasteiger partial charge in [0.15, 0.2) is 0 Å². The molecule has 0 unspecified atom stereocenters. The Morgan fingerprint density at radius 2 is 1.92 bits per heavy atom. The Bertz CT molecular complexity index is 795. The number of likely N-dealkylation sites (N-methyl/N-ethyl adjacent to an activating group) is 1. The van der Waals surface area contributed by atoms with E-state index in [1.165, 1.54) is 6.07 Å². The summed E-state index contributed by atoms with van der Waals surface area (Å²) in [5.74, 6) is -0.434. The summed E-state index contributed by atoms with van der Waals surface area (Å²) < 4.78 is 15.8. The molecule has 6 heteroatoms. The number of halogens is 1. The second kappa shape index (κ2) is 8.76. The Balaban J connectivity index is 2.19. The van der Waals surface area contributed by atoms with Crippen molar-refractivity contribution in [2.75, 3.05) is 27.2 Å². The van der Waals surface area contributed by atoms with E-state index in [4.69, 9.17) is 0 Å². The molecule has 0 atom stereocenters. The predicted molar refractivity (Wildman–Crippen MR) is 102 cm³/mol. The van der Waals surface area contributed by atoms with Gasteiger partial charge in [0.05, 0.1) is 5.69 Å². The second-order valence-corrected chi connectivity index (χ2v) is 6.70. The van der Waals surface area contributed by atoms with Gasteiger partial charge in [-0.05, 0) is 40.1 Å². The lowest BCUT2D eigenvalue weighted by molar-refractivity contribution is -0.126. The van der Waals surface area contributed by atoms with Gasteiger partial charge in [-0.3, -0.25) is 9.48 Å². The quantitative estimate of drug-likeness (QED) is 0.715. The first kappa shape index (κ1) is 19.8. The minimum Gasteiger partial charge on any atom is -0.333 e. The number of carbonyl (C=O) groups is 1. The SMILES string of the molecule is Cc1nn(C)c(C)c1C=CC(=O)N(CCN(C)C)Cc1ccccc1F. The average molecular weight is 358 g/mol. The van der Waals surface area contributed by atoms with Crippen LogP contribution < -0.4 is 0 Å². The molecule has 0 saturated heterocycles. The molecular formula is C20H27FN4O. The summed E-state index contributed by atoms with van der Waals surface area (Å²) in [7, 11) is 5.77. The number of aryl methyl sites for hydroxylation is 2. The Morgan fingerprint density at radius 1 is 1.23 bits per heavy atom. The summed E-state index contributed by atoms with van der Waals surface area (Å²) >= 11 is 0. The van der Waals surface area contributed by atoms with Crippen molar-refractivity contribution in [1.29, 1.82) is 0 Å². The van der Waals surface area contributed by atoms with Crippen LogP contribution in [0.2, 0.25) is 0 Å². The monoisotopic (exact) mass is 358 g/mol. The van der Waals surface area contributed by atoms with Crippen molar-refractivity contribution >= 4 is 12.0 Å².